The Morgan fingerprint density at radius 2 is 2.12 bits per heavy atom. The summed E-state index contributed by atoms with van der Waals surface area (Å²) in [4.78, 5) is 14.8. The van der Waals surface area contributed by atoms with Crippen molar-refractivity contribution in [3.05, 3.63) is 40.9 Å². The maximum absolute atomic E-state index is 10.9. The average molecular weight is 236 g/mol. The van der Waals surface area contributed by atoms with Crippen LogP contribution in [0.2, 0.25) is 5.15 Å². The van der Waals surface area contributed by atoms with Gasteiger partial charge in [0.15, 0.2) is 6.29 Å². The fraction of sp³-hybridized carbons (Fsp3) is 0.182. The van der Waals surface area contributed by atoms with Crippen LogP contribution in [0.5, 0.6) is 0 Å². The molecule has 0 fully saturated rings. The van der Waals surface area contributed by atoms with E-state index >= 15 is 0 Å². The van der Waals surface area contributed by atoms with Crippen molar-refractivity contribution in [3.63, 3.8) is 0 Å². The van der Waals surface area contributed by atoms with Crippen LogP contribution in [0.15, 0.2) is 24.5 Å². The minimum atomic E-state index is 0.345. The van der Waals surface area contributed by atoms with E-state index in [9.17, 15) is 4.79 Å². The van der Waals surface area contributed by atoms with E-state index in [0.717, 1.165) is 12.0 Å². The van der Waals surface area contributed by atoms with Crippen molar-refractivity contribution in [2.75, 3.05) is 0 Å². The summed E-state index contributed by atoms with van der Waals surface area (Å²) in [5, 5.41) is 4.64. The van der Waals surface area contributed by atoms with E-state index in [0.29, 0.717) is 22.8 Å². The minimum absolute atomic E-state index is 0.345. The molecule has 5 heteroatoms. The number of carbonyl (C=O) groups is 1. The van der Waals surface area contributed by atoms with Gasteiger partial charge in [0.1, 0.15) is 5.15 Å². The van der Waals surface area contributed by atoms with Crippen LogP contribution in [-0.2, 0) is 6.42 Å². The number of halogens is 1. The van der Waals surface area contributed by atoms with Crippen LogP contribution in [-0.4, -0.2) is 21.1 Å². The molecule has 16 heavy (non-hydrogen) atoms. The molecule has 2 rings (SSSR count). The second kappa shape index (κ2) is 4.45. The number of pyridine rings is 1. The van der Waals surface area contributed by atoms with E-state index in [4.69, 9.17) is 11.6 Å². The molecular formula is C11H10ClN3O. The number of aromatic nitrogens is 3. The lowest BCUT2D eigenvalue weighted by molar-refractivity contribution is 0.112. The van der Waals surface area contributed by atoms with Crippen molar-refractivity contribution in [2.45, 2.75) is 13.3 Å². The van der Waals surface area contributed by atoms with Gasteiger partial charge in [-0.1, -0.05) is 18.5 Å². The van der Waals surface area contributed by atoms with Gasteiger partial charge in [0.2, 0.25) is 0 Å². The molecule has 2 aromatic heterocycles. The molecule has 0 saturated heterocycles. The topological polar surface area (TPSA) is 47.8 Å². The first kappa shape index (κ1) is 10.8. The molecule has 0 aliphatic carbocycles. The third-order valence-electron chi connectivity index (χ3n) is 2.30. The van der Waals surface area contributed by atoms with Gasteiger partial charge in [-0.3, -0.25) is 9.78 Å². The molecule has 0 N–H and O–H groups in total. The Labute approximate surface area is 97.9 Å². The zero-order valence-corrected chi connectivity index (χ0v) is 9.48. The van der Waals surface area contributed by atoms with Crippen LogP contribution in [0.4, 0.5) is 0 Å². The molecule has 82 valence electrons. The Kier molecular flexibility index (Phi) is 3.01. The highest BCUT2D eigenvalue weighted by Gasteiger charge is 2.15. The van der Waals surface area contributed by atoms with E-state index in [1.54, 1.807) is 29.2 Å². The summed E-state index contributed by atoms with van der Waals surface area (Å²) < 4.78 is 1.55. The molecule has 0 bridgehead atoms. The minimum Gasteiger partial charge on any atom is -0.298 e. The lowest BCUT2D eigenvalue weighted by Gasteiger charge is -2.01. The highest BCUT2D eigenvalue weighted by molar-refractivity contribution is 6.32. The third-order valence-corrected chi connectivity index (χ3v) is 2.66. The second-order valence-electron chi connectivity index (χ2n) is 3.24. The number of aryl methyl sites for hydroxylation is 1. The first-order valence-electron chi connectivity index (χ1n) is 4.91. The largest absolute Gasteiger partial charge is 0.298 e. The predicted octanol–water partition coefficient (Wildman–Crippen LogP) is 2.30. The molecule has 2 aromatic rings. The molecule has 0 aliphatic heterocycles. The van der Waals surface area contributed by atoms with Crippen molar-refractivity contribution in [2.24, 2.45) is 0 Å². The summed E-state index contributed by atoms with van der Waals surface area (Å²) in [6.07, 6.45) is 4.72. The number of hydrogen-bond donors (Lipinski definition) is 0. The smallest absolute Gasteiger partial charge is 0.155 e. The molecule has 0 radical (unpaired) electrons. The lowest BCUT2D eigenvalue weighted by atomic mass is 10.2. The lowest BCUT2D eigenvalue weighted by Crippen LogP contribution is -1.97. The van der Waals surface area contributed by atoms with E-state index in [2.05, 4.69) is 10.1 Å². The van der Waals surface area contributed by atoms with Crippen LogP contribution < -0.4 is 0 Å². The first-order chi connectivity index (χ1) is 7.77. The summed E-state index contributed by atoms with van der Waals surface area (Å²) in [6, 6.07) is 3.57. The van der Waals surface area contributed by atoms with Crippen LogP contribution >= 0.6 is 11.6 Å². The van der Waals surface area contributed by atoms with E-state index in [1.165, 1.54) is 0 Å². The maximum atomic E-state index is 10.9. The molecular weight excluding hydrogens is 226 g/mol. The number of hydrogen-bond acceptors (Lipinski definition) is 3. The van der Waals surface area contributed by atoms with E-state index < -0.39 is 0 Å². The molecule has 0 atom stereocenters. The highest BCUT2D eigenvalue weighted by Crippen LogP contribution is 2.22. The fourth-order valence-corrected chi connectivity index (χ4v) is 1.77. The monoisotopic (exact) mass is 235 g/mol. The molecule has 0 saturated carbocycles. The molecule has 2 heterocycles. The van der Waals surface area contributed by atoms with Gasteiger partial charge in [0, 0.05) is 12.4 Å². The fourth-order valence-electron chi connectivity index (χ4n) is 1.49. The summed E-state index contributed by atoms with van der Waals surface area (Å²) in [7, 11) is 0. The molecule has 0 unspecified atom stereocenters. The van der Waals surface area contributed by atoms with Crippen molar-refractivity contribution < 1.29 is 4.79 Å². The van der Waals surface area contributed by atoms with Gasteiger partial charge < -0.3 is 0 Å². The van der Waals surface area contributed by atoms with Gasteiger partial charge in [-0.2, -0.15) is 5.10 Å². The number of aldehydes is 1. The van der Waals surface area contributed by atoms with Gasteiger partial charge >= 0.3 is 0 Å². The van der Waals surface area contributed by atoms with Gasteiger partial charge in [-0.25, -0.2) is 4.68 Å². The molecule has 4 nitrogen and oxygen atoms in total. The van der Waals surface area contributed by atoms with Crippen LogP contribution in [0.1, 0.15) is 23.0 Å². The Morgan fingerprint density at radius 3 is 2.62 bits per heavy atom. The zero-order chi connectivity index (χ0) is 11.5. The number of nitrogens with zero attached hydrogens (tertiary/aromatic N) is 3. The molecule has 0 aliphatic rings. The van der Waals surface area contributed by atoms with Crippen molar-refractivity contribution in [1.82, 2.24) is 14.8 Å². The zero-order valence-electron chi connectivity index (χ0n) is 8.72. The van der Waals surface area contributed by atoms with Crippen molar-refractivity contribution >= 4 is 17.9 Å². The highest BCUT2D eigenvalue weighted by atomic mass is 35.5. The SMILES string of the molecule is CCc1nn(-c2ccncc2)c(Cl)c1C=O. The predicted molar refractivity (Wildman–Crippen MR) is 61.1 cm³/mol. The van der Waals surface area contributed by atoms with Gasteiger partial charge in [0.05, 0.1) is 16.9 Å². The quantitative estimate of drug-likeness (QED) is 0.767. The number of carbonyl (C=O) groups excluding carboxylic acids is 1. The maximum Gasteiger partial charge on any atom is 0.155 e. The van der Waals surface area contributed by atoms with Crippen LogP contribution in [0, 0.1) is 0 Å². The second-order valence-corrected chi connectivity index (χ2v) is 3.60. The van der Waals surface area contributed by atoms with Gasteiger partial charge in [-0.05, 0) is 18.6 Å². The average Bonchev–Trinajstić information content (AvgIpc) is 2.66. The van der Waals surface area contributed by atoms with Crippen molar-refractivity contribution in [1.29, 1.82) is 0 Å². The van der Waals surface area contributed by atoms with Crippen LogP contribution in [0.3, 0.4) is 0 Å². The van der Waals surface area contributed by atoms with Crippen LogP contribution in [0.25, 0.3) is 5.69 Å². The third kappa shape index (κ3) is 1.72. The summed E-state index contributed by atoms with van der Waals surface area (Å²) in [5.74, 6) is 0. The van der Waals surface area contributed by atoms with Crippen molar-refractivity contribution in [3.8, 4) is 5.69 Å². The first-order valence-corrected chi connectivity index (χ1v) is 5.28. The van der Waals surface area contributed by atoms with E-state index in [1.807, 2.05) is 6.92 Å². The summed E-state index contributed by atoms with van der Waals surface area (Å²) in [6.45, 7) is 1.93. The number of rotatable bonds is 3. The molecule has 0 amide bonds. The summed E-state index contributed by atoms with van der Waals surface area (Å²) in [5.41, 5.74) is 1.96. The Hall–Kier alpha value is -1.68. The summed E-state index contributed by atoms with van der Waals surface area (Å²) >= 11 is 6.09. The Morgan fingerprint density at radius 1 is 1.44 bits per heavy atom. The normalized spacial score (nSPS) is 10.4. The molecule has 0 aromatic carbocycles. The van der Waals surface area contributed by atoms with Gasteiger partial charge in [0.25, 0.3) is 0 Å². The Balaban J connectivity index is 2.59. The van der Waals surface area contributed by atoms with E-state index in [-0.39, 0.29) is 0 Å². The standard InChI is InChI=1S/C11H10ClN3O/c1-2-10-9(7-16)11(12)15(14-10)8-3-5-13-6-4-8/h3-7H,2H2,1H3. The van der Waals surface area contributed by atoms with Gasteiger partial charge in [-0.15, -0.1) is 0 Å². The molecule has 0 spiro atoms. The Bertz CT molecular complexity index is 507.